The van der Waals surface area contributed by atoms with E-state index < -0.39 is 5.25 Å². The van der Waals surface area contributed by atoms with Gasteiger partial charge in [-0.05, 0) is 55.3 Å². The van der Waals surface area contributed by atoms with Gasteiger partial charge in [-0.3, -0.25) is 14.5 Å². The van der Waals surface area contributed by atoms with Gasteiger partial charge in [-0.1, -0.05) is 55.6 Å². The van der Waals surface area contributed by atoms with Crippen LogP contribution in [-0.4, -0.2) is 40.8 Å². The maximum atomic E-state index is 12.9. The molecule has 8 heteroatoms. The monoisotopic (exact) mass is 487 g/mol. The number of unbranched alkanes of at least 4 members (excludes halogenated alkanes) is 3. The lowest BCUT2D eigenvalue weighted by Gasteiger charge is -2.28. The molecule has 3 rings (SSSR count). The molecule has 1 saturated heterocycles. The number of amides is 2. The fourth-order valence-corrected chi connectivity index (χ4v) is 4.47. The molecule has 0 aliphatic carbocycles. The van der Waals surface area contributed by atoms with Gasteiger partial charge in [-0.2, -0.15) is 0 Å². The Hall–Kier alpha value is -2.51. The molecule has 2 amide bonds. The fourth-order valence-electron chi connectivity index (χ4n) is 3.24. The van der Waals surface area contributed by atoms with E-state index >= 15 is 0 Å². The Bertz CT molecular complexity index is 1010. The van der Waals surface area contributed by atoms with Gasteiger partial charge in [0.15, 0.2) is 5.17 Å². The van der Waals surface area contributed by atoms with E-state index in [0.29, 0.717) is 28.2 Å². The first kappa shape index (κ1) is 25.1. The number of aryl methyl sites for hydroxylation is 1. The summed E-state index contributed by atoms with van der Waals surface area (Å²) in [4.78, 5) is 31.4. The van der Waals surface area contributed by atoms with Gasteiger partial charge in [0, 0.05) is 24.2 Å². The lowest BCUT2D eigenvalue weighted by molar-refractivity contribution is -0.128. The van der Waals surface area contributed by atoms with Gasteiger partial charge in [0.1, 0.15) is 11.0 Å². The molecule has 0 spiro atoms. The molecule has 1 N–H and O–H groups in total. The molecule has 1 atom stereocenters. The number of aliphatic imine (C=N–C) groups is 1. The summed E-state index contributed by atoms with van der Waals surface area (Å²) in [6.07, 6.45) is 4.73. The van der Waals surface area contributed by atoms with Gasteiger partial charge in [0.2, 0.25) is 11.8 Å². The van der Waals surface area contributed by atoms with Crippen LogP contribution in [0.15, 0.2) is 47.5 Å². The summed E-state index contributed by atoms with van der Waals surface area (Å²) >= 11 is 7.47. The van der Waals surface area contributed by atoms with Crippen molar-refractivity contribution in [3.63, 3.8) is 0 Å². The van der Waals surface area contributed by atoms with Gasteiger partial charge in [0.25, 0.3) is 0 Å². The summed E-state index contributed by atoms with van der Waals surface area (Å²) in [5.74, 6) is 0.390. The first-order chi connectivity index (χ1) is 15.9. The van der Waals surface area contributed by atoms with Gasteiger partial charge < -0.3 is 10.1 Å². The van der Waals surface area contributed by atoms with E-state index in [9.17, 15) is 9.59 Å². The highest BCUT2D eigenvalue weighted by Crippen LogP contribution is 2.30. The summed E-state index contributed by atoms with van der Waals surface area (Å²) in [6.45, 7) is 4.78. The predicted octanol–water partition coefficient (Wildman–Crippen LogP) is 6.20. The molecule has 1 fully saturated rings. The van der Waals surface area contributed by atoms with Crippen molar-refractivity contribution < 1.29 is 14.3 Å². The zero-order valence-electron chi connectivity index (χ0n) is 19.3. The second-order valence-electron chi connectivity index (χ2n) is 8.01. The third-order valence-electron chi connectivity index (χ3n) is 5.33. The van der Waals surface area contributed by atoms with Crippen LogP contribution < -0.4 is 10.1 Å². The summed E-state index contributed by atoms with van der Waals surface area (Å²) in [5.41, 5.74) is 2.25. The van der Waals surface area contributed by atoms with Crippen molar-refractivity contribution in [1.82, 2.24) is 4.90 Å². The van der Waals surface area contributed by atoms with E-state index in [1.807, 2.05) is 43.3 Å². The van der Waals surface area contributed by atoms with Crippen LogP contribution in [0.4, 0.5) is 11.4 Å². The zero-order chi connectivity index (χ0) is 23.8. The minimum Gasteiger partial charge on any atom is -0.494 e. The lowest BCUT2D eigenvalue weighted by Crippen LogP contribution is -2.43. The lowest BCUT2D eigenvalue weighted by atomic mass is 10.2. The van der Waals surface area contributed by atoms with E-state index in [0.717, 1.165) is 17.7 Å². The summed E-state index contributed by atoms with van der Waals surface area (Å²) < 4.78 is 5.75. The topological polar surface area (TPSA) is 71.0 Å². The Morgan fingerprint density at radius 3 is 2.67 bits per heavy atom. The molecule has 1 heterocycles. The number of amidine groups is 1. The van der Waals surface area contributed by atoms with E-state index in [2.05, 4.69) is 17.2 Å². The molecular formula is C25H30ClN3O3S. The molecule has 2 aromatic rings. The van der Waals surface area contributed by atoms with Crippen LogP contribution in [0.2, 0.25) is 5.02 Å². The molecular weight excluding hydrogens is 458 g/mol. The molecule has 1 aliphatic heterocycles. The number of thioether (sulfide) groups is 1. The third-order valence-corrected chi connectivity index (χ3v) is 6.98. The van der Waals surface area contributed by atoms with Crippen LogP contribution in [0.1, 0.15) is 44.6 Å². The molecule has 0 unspecified atom stereocenters. The number of benzene rings is 2. The molecule has 33 heavy (non-hydrogen) atoms. The quantitative estimate of drug-likeness (QED) is 0.427. The van der Waals surface area contributed by atoms with Crippen molar-refractivity contribution in [2.24, 2.45) is 4.99 Å². The number of nitrogens with one attached hydrogen (secondary N) is 1. The number of carbonyl (C=O) groups excluding carboxylic acids is 2. The summed E-state index contributed by atoms with van der Waals surface area (Å²) in [7, 11) is 1.67. The van der Waals surface area contributed by atoms with Gasteiger partial charge in [-0.15, -0.1) is 0 Å². The number of hydrogen-bond donors (Lipinski definition) is 1. The van der Waals surface area contributed by atoms with Crippen molar-refractivity contribution in [1.29, 1.82) is 0 Å². The highest BCUT2D eigenvalue weighted by atomic mass is 35.5. The molecule has 0 saturated carbocycles. The average Bonchev–Trinajstić information content (AvgIpc) is 2.80. The van der Waals surface area contributed by atoms with Crippen molar-refractivity contribution in [2.75, 3.05) is 19.0 Å². The maximum absolute atomic E-state index is 12.9. The number of carbonyl (C=O) groups is 2. The zero-order valence-corrected chi connectivity index (χ0v) is 20.8. The van der Waals surface area contributed by atoms with Crippen LogP contribution in [-0.2, 0) is 9.59 Å². The first-order valence-corrected chi connectivity index (χ1v) is 12.4. The predicted molar refractivity (Wildman–Crippen MR) is 137 cm³/mol. The Labute approximate surface area is 204 Å². The number of anilines is 1. The Balaban J connectivity index is 1.60. The second-order valence-corrected chi connectivity index (χ2v) is 9.59. The Kier molecular flexibility index (Phi) is 9.21. The van der Waals surface area contributed by atoms with E-state index in [4.69, 9.17) is 16.3 Å². The van der Waals surface area contributed by atoms with Crippen LogP contribution in [0.5, 0.6) is 5.75 Å². The van der Waals surface area contributed by atoms with E-state index in [1.54, 1.807) is 13.1 Å². The molecule has 1 aliphatic rings. The molecule has 6 nitrogen and oxygen atoms in total. The molecule has 0 radical (unpaired) electrons. The number of hydrogen-bond acceptors (Lipinski definition) is 5. The van der Waals surface area contributed by atoms with Gasteiger partial charge in [0.05, 0.1) is 12.3 Å². The standard InChI is InChI=1S/C25H30ClN3O3S/c1-4-5-6-7-14-32-20-12-10-18(11-13-20)27-24(31)22-16-23(30)29(3)25(33-22)28-19-9-8-17(2)21(26)15-19/h8-13,15,22H,4-7,14,16H2,1-3H3,(H,27,31)/t22-/m1/s1. The Morgan fingerprint density at radius 1 is 1.21 bits per heavy atom. The average molecular weight is 488 g/mol. The molecule has 0 bridgehead atoms. The number of nitrogens with zero attached hydrogens (tertiary/aromatic N) is 2. The van der Waals surface area contributed by atoms with Crippen molar-refractivity contribution >= 4 is 51.7 Å². The van der Waals surface area contributed by atoms with Crippen molar-refractivity contribution in [3.05, 3.63) is 53.1 Å². The molecule has 0 aromatic heterocycles. The highest BCUT2D eigenvalue weighted by Gasteiger charge is 2.34. The van der Waals surface area contributed by atoms with Crippen LogP contribution in [0.25, 0.3) is 0 Å². The van der Waals surface area contributed by atoms with Gasteiger partial charge in [-0.25, -0.2) is 4.99 Å². The van der Waals surface area contributed by atoms with E-state index in [1.165, 1.54) is 35.9 Å². The molecule has 176 valence electrons. The minimum atomic E-state index is -0.567. The summed E-state index contributed by atoms with van der Waals surface area (Å²) in [5, 5.41) is 3.41. The number of halogens is 1. The van der Waals surface area contributed by atoms with Crippen LogP contribution >= 0.6 is 23.4 Å². The largest absolute Gasteiger partial charge is 0.494 e. The van der Waals surface area contributed by atoms with E-state index in [-0.39, 0.29) is 18.2 Å². The molecule has 2 aromatic carbocycles. The third kappa shape index (κ3) is 7.24. The fraction of sp³-hybridized carbons (Fsp3) is 0.400. The second kappa shape index (κ2) is 12.1. The normalized spacial score (nSPS) is 17.3. The maximum Gasteiger partial charge on any atom is 0.238 e. The van der Waals surface area contributed by atoms with Crippen LogP contribution in [0, 0.1) is 6.92 Å². The number of ether oxygens (including phenoxy) is 1. The minimum absolute atomic E-state index is 0.111. The smallest absolute Gasteiger partial charge is 0.238 e. The highest BCUT2D eigenvalue weighted by molar-refractivity contribution is 8.15. The summed E-state index contributed by atoms with van der Waals surface area (Å²) in [6, 6.07) is 12.8. The Morgan fingerprint density at radius 2 is 1.97 bits per heavy atom. The first-order valence-electron chi connectivity index (χ1n) is 11.2. The van der Waals surface area contributed by atoms with Gasteiger partial charge >= 0.3 is 0 Å². The SMILES string of the molecule is CCCCCCOc1ccc(NC(=O)[C@H]2CC(=O)N(C)C(=Nc3ccc(C)c(Cl)c3)S2)cc1. The van der Waals surface area contributed by atoms with Crippen molar-refractivity contribution in [2.45, 2.75) is 51.2 Å². The number of rotatable bonds is 9. The van der Waals surface area contributed by atoms with Crippen molar-refractivity contribution in [3.8, 4) is 5.75 Å². The van der Waals surface area contributed by atoms with Crippen LogP contribution in [0.3, 0.4) is 0 Å².